The standard InChI is InChI=1S/C18H20NOP/c1-21-19-14-8-13-17(19)18(20-21,15-9-4-2-5-10-15)16-11-6-3-7-12-16/h2-7,9-12,17H,8,13-14H2,1H3/t17-,21?/m0/s1. The van der Waals surface area contributed by atoms with Crippen LogP contribution in [-0.2, 0) is 10.1 Å². The first-order valence-corrected chi connectivity index (χ1v) is 9.29. The van der Waals surface area contributed by atoms with Crippen LogP contribution >= 0.6 is 8.30 Å². The van der Waals surface area contributed by atoms with Gasteiger partial charge < -0.3 is 4.52 Å². The van der Waals surface area contributed by atoms with Gasteiger partial charge in [-0.25, -0.2) is 0 Å². The summed E-state index contributed by atoms with van der Waals surface area (Å²) in [5, 5.41) is 0. The van der Waals surface area contributed by atoms with Crippen LogP contribution in [0.4, 0.5) is 0 Å². The minimum Gasteiger partial charge on any atom is -0.326 e. The number of benzene rings is 2. The van der Waals surface area contributed by atoms with E-state index in [0.29, 0.717) is 6.04 Å². The van der Waals surface area contributed by atoms with E-state index in [1.807, 2.05) is 0 Å². The van der Waals surface area contributed by atoms with E-state index in [4.69, 9.17) is 4.52 Å². The maximum atomic E-state index is 6.68. The van der Waals surface area contributed by atoms with Gasteiger partial charge in [-0.15, -0.1) is 0 Å². The van der Waals surface area contributed by atoms with Crippen LogP contribution in [0.2, 0.25) is 0 Å². The van der Waals surface area contributed by atoms with E-state index in [-0.39, 0.29) is 5.60 Å². The molecule has 2 aliphatic heterocycles. The van der Waals surface area contributed by atoms with Crippen LogP contribution in [0.5, 0.6) is 0 Å². The minimum absolute atomic E-state index is 0.292. The summed E-state index contributed by atoms with van der Waals surface area (Å²) in [6.07, 6.45) is 2.50. The Bertz CT molecular complexity index is 576. The zero-order valence-corrected chi connectivity index (χ0v) is 13.2. The fourth-order valence-corrected chi connectivity index (χ4v) is 5.80. The van der Waals surface area contributed by atoms with Crippen LogP contribution in [0, 0.1) is 0 Å². The highest BCUT2D eigenvalue weighted by molar-refractivity contribution is 7.49. The molecule has 2 aromatic carbocycles. The number of hydrogen-bond acceptors (Lipinski definition) is 2. The van der Waals surface area contributed by atoms with Gasteiger partial charge in [0.2, 0.25) is 0 Å². The summed E-state index contributed by atoms with van der Waals surface area (Å²) in [6, 6.07) is 22.0. The molecule has 0 aromatic heterocycles. The second-order valence-electron chi connectivity index (χ2n) is 5.84. The van der Waals surface area contributed by atoms with Crippen LogP contribution in [-0.4, -0.2) is 23.9 Å². The summed E-state index contributed by atoms with van der Waals surface area (Å²) in [6.45, 7) is 3.43. The molecule has 0 spiro atoms. The molecular formula is C18H20NOP. The summed E-state index contributed by atoms with van der Waals surface area (Å²) in [4.78, 5) is 0. The Labute approximate surface area is 127 Å². The summed E-state index contributed by atoms with van der Waals surface area (Å²) >= 11 is 0. The highest BCUT2D eigenvalue weighted by atomic mass is 31.2. The molecule has 2 nitrogen and oxygen atoms in total. The molecule has 2 aliphatic rings. The first-order chi connectivity index (χ1) is 10.3. The molecule has 1 unspecified atom stereocenters. The number of rotatable bonds is 2. The predicted octanol–water partition coefficient (Wildman–Crippen LogP) is 4.37. The van der Waals surface area contributed by atoms with Gasteiger partial charge in [-0.1, -0.05) is 60.7 Å². The lowest BCUT2D eigenvalue weighted by Gasteiger charge is -2.34. The molecule has 0 radical (unpaired) electrons. The maximum absolute atomic E-state index is 6.68. The zero-order chi connectivity index (χ0) is 14.3. The van der Waals surface area contributed by atoms with Crippen LogP contribution in [0.1, 0.15) is 24.0 Å². The van der Waals surface area contributed by atoms with Crippen molar-refractivity contribution in [3.05, 3.63) is 71.8 Å². The van der Waals surface area contributed by atoms with Crippen molar-refractivity contribution in [1.29, 1.82) is 0 Å². The summed E-state index contributed by atoms with van der Waals surface area (Å²) in [5.74, 6) is 0. The fourth-order valence-electron chi connectivity index (χ4n) is 3.85. The first kappa shape index (κ1) is 13.5. The van der Waals surface area contributed by atoms with Gasteiger partial charge in [-0.05, 0) is 30.6 Å². The van der Waals surface area contributed by atoms with Gasteiger partial charge in [0.05, 0.1) is 6.04 Å². The molecule has 0 aliphatic carbocycles. The van der Waals surface area contributed by atoms with E-state index >= 15 is 0 Å². The van der Waals surface area contributed by atoms with Gasteiger partial charge in [0.15, 0.2) is 0 Å². The number of fused-ring (bicyclic) bond motifs is 1. The summed E-state index contributed by atoms with van der Waals surface area (Å²) in [7, 11) is -0.507. The van der Waals surface area contributed by atoms with E-state index in [0.717, 1.165) is 0 Å². The SMILES string of the molecule is CP1OC(c2ccccc2)(c2ccccc2)[C@@H]2CCCN21. The smallest absolute Gasteiger partial charge is 0.140 e. The number of hydrogen-bond donors (Lipinski definition) is 0. The van der Waals surface area contributed by atoms with Crippen LogP contribution in [0.3, 0.4) is 0 Å². The quantitative estimate of drug-likeness (QED) is 0.763. The highest BCUT2D eigenvalue weighted by Crippen LogP contribution is 2.62. The Morgan fingerprint density at radius 2 is 1.57 bits per heavy atom. The Balaban J connectivity index is 1.92. The van der Waals surface area contributed by atoms with Crippen molar-refractivity contribution >= 4 is 8.30 Å². The molecule has 2 heterocycles. The largest absolute Gasteiger partial charge is 0.326 e. The molecule has 0 bridgehead atoms. The third kappa shape index (κ3) is 1.97. The second-order valence-corrected chi connectivity index (χ2v) is 7.47. The van der Waals surface area contributed by atoms with E-state index in [9.17, 15) is 0 Å². The average Bonchev–Trinajstić information content (AvgIpc) is 3.13. The molecule has 0 saturated carbocycles. The molecule has 2 aromatic rings. The lowest BCUT2D eigenvalue weighted by atomic mass is 9.79. The van der Waals surface area contributed by atoms with Crippen molar-refractivity contribution in [2.75, 3.05) is 13.2 Å². The average molecular weight is 297 g/mol. The summed E-state index contributed by atoms with van der Waals surface area (Å²) < 4.78 is 9.27. The van der Waals surface area contributed by atoms with Gasteiger partial charge in [0, 0.05) is 6.54 Å². The Morgan fingerprint density at radius 1 is 1.00 bits per heavy atom. The zero-order valence-electron chi connectivity index (χ0n) is 12.3. The molecule has 108 valence electrons. The predicted molar refractivity (Wildman–Crippen MR) is 87.3 cm³/mol. The van der Waals surface area contributed by atoms with Crippen LogP contribution < -0.4 is 0 Å². The normalized spacial score (nSPS) is 27.7. The first-order valence-electron chi connectivity index (χ1n) is 7.63. The molecule has 0 N–H and O–H groups in total. The van der Waals surface area contributed by atoms with Gasteiger partial charge in [0.25, 0.3) is 0 Å². The maximum Gasteiger partial charge on any atom is 0.140 e. The third-order valence-electron chi connectivity index (χ3n) is 4.74. The topological polar surface area (TPSA) is 12.5 Å². The van der Waals surface area contributed by atoms with E-state index < -0.39 is 8.30 Å². The molecule has 2 saturated heterocycles. The van der Waals surface area contributed by atoms with Crippen molar-refractivity contribution in [3.63, 3.8) is 0 Å². The monoisotopic (exact) mass is 297 g/mol. The molecule has 21 heavy (non-hydrogen) atoms. The molecule has 3 heteroatoms. The minimum atomic E-state index is -0.507. The van der Waals surface area contributed by atoms with Crippen molar-refractivity contribution in [1.82, 2.24) is 4.67 Å². The van der Waals surface area contributed by atoms with E-state index in [1.165, 1.54) is 30.5 Å². The Morgan fingerprint density at radius 3 is 2.14 bits per heavy atom. The lowest BCUT2D eigenvalue weighted by molar-refractivity contribution is 0.113. The van der Waals surface area contributed by atoms with Crippen molar-refractivity contribution < 1.29 is 4.52 Å². The molecule has 2 atom stereocenters. The lowest BCUT2D eigenvalue weighted by Crippen LogP contribution is -2.40. The van der Waals surface area contributed by atoms with Crippen molar-refractivity contribution in [2.45, 2.75) is 24.5 Å². The van der Waals surface area contributed by atoms with Gasteiger partial charge in [0.1, 0.15) is 13.9 Å². The third-order valence-corrected chi connectivity index (χ3v) is 6.49. The number of nitrogens with zero attached hydrogens (tertiary/aromatic N) is 1. The molecule has 2 fully saturated rings. The highest BCUT2D eigenvalue weighted by Gasteiger charge is 2.56. The van der Waals surface area contributed by atoms with Gasteiger partial charge in [-0.3, -0.25) is 4.67 Å². The van der Waals surface area contributed by atoms with E-state index in [2.05, 4.69) is 72.0 Å². The summed E-state index contributed by atoms with van der Waals surface area (Å²) in [5.41, 5.74) is 2.29. The van der Waals surface area contributed by atoms with Crippen LogP contribution in [0.25, 0.3) is 0 Å². The van der Waals surface area contributed by atoms with Crippen molar-refractivity contribution in [3.8, 4) is 0 Å². The van der Waals surface area contributed by atoms with Crippen LogP contribution in [0.15, 0.2) is 60.7 Å². The molecular weight excluding hydrogens is 277 g/mol. The fraction of sp³-hybridized carbons (Fsp3) is 0.333. The second kappa shape index (κ2) is 5.21. The Hall–Kier alpha value is -1.21. The Kier molecular flexibility index (Phi) is 3.34. The van der Waals surface area contributed by atoms with Gasteiger partial charge in [-0.2, -0.15) is 0 Å². The molecule has 4 rings (SSSR count). The van der Waals surface area contributed by atoms with Crippen molar-refractivity contribution in [2.24, 2.45) is 0 Å². The van der Waals surface area contributed by atoms with Gasteiger partial charge >= 0.3 is 0 Å². The molecule has 0 amide bonds. The van der Waals surface area contributed by atoms with E-state index in [1.54, 1.807) is 0 Å².